The Bertz CT molecular complexity index is 1210. The van der Waals surface area contributed by atoms with Crippen molar-refractivity contribution in [1.82, 2.24) is 10.6 Å². The zero-order valence-corrected chi connectivity index (χ0v) is 18.7. The van der Waals surface area contributed by atoms with E-state index in [4.69, 9.17) is 0 Å². The fraction of sp³-hybridized carbons (Fsp3) is 0.167. The van der Waals surface area contributed by atoms with Gasteiger partial charge in [-0.3, -0.25) is 14.3 Å². The summed E-state index contributed by atoms with van der Waals surface area (Å²) in [6.07, 6.45) is 0. The van der Waals surface area contributed by atoms with E-state index in [1.807, 2.05) is 19.1 Å². The third kappa shape index (κ3) is 5.95. The number of amides is 2. The van der Waals surface area contributed by atoms with Crippen LogP contribution in [-0.4, -0.2) is 33.3 Å². The minimum Gasteiger partial charge on any atom is -0.350 e. The van der Waals surface area contributed by atoms with Gasteiger partial charge in [0.05, 0.1) is 4.90 Å². The number of hydrogen-bond donors (Lipinski definition) is 3. The summed E-state index contributed by atoms with van der Waals surface area (Å²) in [4.78, 5) is 24.5. The van der Waals surface area contributed by atoms with Crippen molar-refractivity contribution in [3.8, 4) is 0 Å². The van der Waals surface area contributed by atoms with E-state index < -0.39 is 10.0 Å². The molecule has 3 aromatic rings. The highest BCUT2D eigenvalue weighted by Gasteiger charge is 2.17. The average Bonchev–Trinajstić information content (AvgIpc) is 2.78. The van der Waals surface area contributed by atoms with Crippen molar-refractivity contribution >= 4 is 27.5 Å². The number of carbonyl (C=O) groups is 2. The predicted molar refractivity (Wildman–Crippen MR) is 124 cm³/mol. The van der Waals surface area contributed by atoms with Gasteiger partial charge in [0.25, 0.3) is 21.8 Å². The third-order valence-electron chi connectivity index (χ3n) is 4.76. The van der Waals surface area contributed by atoms with Crippen LogP contribution in [0.25, 0.3) is 0 Å². The largest absolute Gasteiger partial charge is 0.350 e. The average molecular weight is 452 g/mol. The summed E-state index contributed by atoms with van der Waals surface area (Å²) < 4.78 is 27.9. The molecule has 0 aliphatic carbocycles. The zero-order chi connectivity index (χ0) is 23.1. The van der Waals surface area contributed by atoms with Crippen LogP contribution >= 0.6 is 0 Å². The molecule has 0 heterocycles. The quantitative estimate of drug-likeness (QED) is 0.457. The number of aryl methyl sites for hydroxylation is 2. The highest BCUT2D eigenvalue weighted by atomic mass is 32.2. The topological polar surface area (TPSA) is 104 Å². The lowest BCUT2D eigenvalue weighted by atomic mass is 10.2. The Kier molecular flexibility index (Phi) is 7.27. The molecule has 0 spiro atoms. The van der Waals surface area contributed by atoms with E-state index in [9.17, 15) is 18.0 Å². The number of carbonyl (C=O) groups excluding carboxylic acids is 2. The van der Waals surface area contributed by atoms with Gasteiger partial charge < -0.3 is 10.6 Å². The minimum atomic E-state index is -3.74. The van der Waals surface area contributed by atoms with Gasteiger partial charge >= 0.3 is 0 Å². The van der Waals surface area contributed by atoms with Crippen LogP contribution in [0.5, 0.6) is 0 Å². The minimum absolute atomic E-state index is 0.208. The van der Waals surface area contributed by atoms with E-state index in [-0.39, 0.29) is 29.8 Å². The van der Waals surface area contributed by atoms with E-state index >= 15 is 0 Å². The van der Waals surface area contributed by atoms with Gasteiger partial charge in [-0.2, -0.15) is 0 Å². The zero-order valence-electron chi connectivity index (χ0n) is 17.9. The van der Waals surface area contributed by atoms with Gasteiger partial charge in [-0.1, -0.05) is 30.3 Å². The van der Waals surface area contributed by atoms with Gasteiger partial charge in [0.2, 0.25) is 0 Å². The first-order chi connectivity index (χ1) is 15.3. The molecule has 2 amide bonds. The van der Waals surface area contributed by atoms with Crippen molar-refractivity contribution in [2.45, 2.75) is 18.7 Å². The molecule has 0 aromatic heterocycles. The van der Waals surface area contributed by atoms with Gasteiger partial charge in [-0.25, -0.2) is 8.42 Å². The second kappa shape index (κ2) is 10.1. The molecule has 166 valence electrons. The Balaban J connectivity index is 1.53. The Labute approximate surface area is 187 Å². The van der Waals surface area contributed by atoms with Crippen LogP contribution in [0.15, 0.2) is 77.7 Å². The predicted octanol–water partition coefficient (Wildman–Crippen LogP) is 3.26. The highest BCUT2D eigenvalue weighted by molar-refractivity contribution is 7.92. The summed E-state index contributed by atoms with van der Waals surface area (Å²) in [7, 11) is -3.74. The number of hydrogen-bond acceptors (Lipinski definition) is 4. The number of sulfonamides is 1. The molecule has 3 N–H and O–H groups in total. The van der Waals surface area contributed by atoms with Crippen molar-refractivity contribution in [1.29, 1.82) is 0 Å². The van der Waals surface area contributed by atoms with Crippen LogP contribution in [0.3, 0.4) is 0 Å². The summed E-state index contributed by atoms with van der Waals surface area (Å²) in [5.74, 6) is -0.525. The SMILES string of the molecule is Cc1ccc(C)c(S(=O)(=O)Nc2ccc(C(=O)NCCNC(=O)c3ccccc3)cc2)c1. The Hall–Kier alpha value is -3.65. The monoisotopic (exact) mass is 451 g/mol. The fourth-order valence-electron chi connectivity index (χ4n) is 3.04. The van der Waals surface area contributed by atoms with Crippen LogP contribution in [0, 0.1) is 13.8 Å². The molecule has 3 aromatic carbocycles. The molecule has 0 fully saturated rings. The number of nitrogens with one attached hydrogen (secondary N) is 3. The number of benzene rings is 3. The van der Waals surface area contributed by atoms with Crippen molar-refractivity contribution in [2.24, 2.45) is 0 Å². The summed E-state index contributed by atoms with van der Waals surface area (Å²) in [6.45, 7) is 4.12. The van der Waals surface area contributed by atoms with Crippen LogP contribution < -0.4 is 15.4 Å². The van der Waals surface area contributed by atoms with Gasteiger partial charge in [-0.15, -0.1) is 0 Å². The summed E-state index contributed by atoms with van der Waals surface area (Å²) in [5, 5.41) is 5.46. The van der Waals surface area contributed by atoms with Crippen molar-refractivity contribution in [2.75, 3.05) is 17.8 Å². The van der Waals surface area contributed by atoms with Crippen LogP contribution in [0.4, 0.5) is 5.69 Å². The second-order valence-corrected chi connectivity index (χ2v) is 8.98. The standard InChI is InChI=1S/C24H25N3O4S/c1-17-8-9-18(2)22(16-17)32(30,31)27-21-12-10-20(11-13-21)24(29)26-15-14-25-23(28)19-6-4-3-5-7-19/h3-13,16,27H,14-15H2,1-2H3,(H,25,28)(H,26,29). The van der Waals surface area contributed by atoms with Crippen LogP contribution in [-0.2, 0) is 10.0 Å². The molecule has 0 atom stereocenters. The van der Waals surface area contributed by atoms with Gasteiger partial charge in [0.1, 0.15) is 0 Å². The lowest BCUT2D eigenvalue weighted by Crippen LogP contribution is -2.34. The Morgan fingerprint density at radius 2 is 1.31 bits per heavy atom. The molecular formula is C24H25N3O4S. The summed E-state index contributed by atoms with van der Waals surface area (Å²) in [6, 6.07) is 20.2. The molecule has 8 heteroatoms. The van der Waals surface area contributed by atoms with E-state index in [2.05, 4.69) is 15.4 Å². The van der Waals surface area contributed by atoms with E-state index in [0.29, 0.717) is 22.4 Å². The fourth-order valence-corrected chi connectivity index (χ4v) is 4.43. The second-order valence-electron chi connectivity index (χ2n) is 7.33. The molecule has 3 rings (SSSR count). The normalized spacial score (nSPS) is 10.9. The van der Waals surface area contributed by atoms with Crippen molar-refractivity contribution < 1.29 is 18.0 Å². The molecule has 0 saturated heterocycles. The lowest BCUT2D eigenvalue weighted by molar-refractivity contribution is 0.0927. The molecule has 0 aliphatic heterocycles. The smallest absolute Gasteiger partial charge is 0.262 e. The molecule has 0 bridgehead atoms. The maximum atomic E-state index is 12.7. The maximum Gasteiger partial charge on any atom is 0.262 e. The Morgan fingerprint density at radius 3 is 1.91 bits per heavy atom. The van der Waals surface area contributed by atoms with Crippen LogP contribution in [0.1, 0.15) is 31.8 Å². The van der Waals surface area contributed by atoms with Crippen molar-refractivity contribution in [3.63, 3.8) is 0 Å². The molecule has 0 radical (unpaired) electrons. The first-order valence-corrected chi connectivity index (χ1v) is 11.6. The first-order valence-electron chi connectivity index (χ1n) is 10.1. The van der Waals surface area contributed by atoms with E-state index in [1.165, 1.54) is 12.1 Å². The number of rotatable bonds is 8. The lowest BCUT2D eigenvalue weighted by Gasteiger charge is -2.12. The molecule has 32 heavy (non-hydrogen) atoms. The van der Waals surface area contributed by atoms with Crippen LogP contribution in [0.2, 0.25) is 0 Å². The van der Waals surface area contributed by atoms with Crippen molar-refractivity contribution in [3.05, 3.63) is 95.1 Å². The highest BCUT2D eigenvalue weighted by Crippen LogP contribution is 2.21. The van der Waals surface area contributed by atoms with E-state index in [1.54, 1.807) is 55.5 Å². The maximum absolute atomic E-state index is 12.7. The molecule has 0 saturated carbocycles. The van der Waals surface area contributed by atoms with Gasteiger partial charge in [0, 0.05) is 29.9 Å². The first kappa shape index (κ1) is 23.0. The van der Waals surface area contributed by atoms with Gasteiger partial charge in [0.15, 0.2) is 0 Å². The molecule has 0 aliphatic rings. The molecule has 7 nitrogen and oxygen atoms in total. The third-order valence-corrected chi connectivity index (χ3v) is 6.29. The van der Waals surface area contributed by atoms with E-state index in [0.717, 1.165) is 5.56 Å². The Morgan fingerprint density at radius 1 is 0.750 bits per heavy atom. The molecular weight excluding hydrogens is 426 g/mol. The summed E-state index contributed by atoms with van der Waals surface area (Å²) in [5.41, 5.74) is 2.80. The molecule has 0 unspecified atom stereocenters. The van der Waals surface area contributed by atoms with Gasteiger partial charge in [-0.05, 0) is 67.4 Å². The number of anilines is 1. The summed E-state index contributed by atoms with van der Waals surface area (Å²) >= 11 is 0.